The maximum atomic E-state index is 12.8. The lowest BCUT2D eigenvalue weighted by molar-refractivity contribution is -0.147. The van der Waals surface area contributed by atoms with Crippen LogP contribution in [0.2, 0.25) is 0 Å². The summed E-state index contributed by atoms with van der Waals surface area (Å²) >= 11 is 0. The predicted molar refractivity (Wildman–Crippen MR) is 111 cm³/mol. The van der Waals surface area contributed by atoms with Crippen molar-refractivity contribution in [2.75, 3.05) is 6.54 Å². The molecule has 2 aliphatic rings. The molecule has 2 N–H and O–H groups in total. The van der Waals surface area contributed by atoms with Crippen molar-refractivity contribution in [3.63, 3.8) is 0 Å². The maximum Gasteiger partial charge on any atom is 0.245 e. The van der Waals surface area contributed by atoms with Crippen molar-refractivity contribution in [2.24, 2.45) is 13.0 Å². The molecule has 2 amide bonds. The number of aryl methyl sites for hydroxylation is 1. The summed E-state index contributed by atoms with van der Waals surface area (Å²) in [6.45, 7) is 5.36. The van der Waals surface area contributed by atoms with E-state index in [1.54, 1.807) is 4.90 Å². The van der Waals surface area contributed by atoms with Crippen LogP contribution in [-0.2, 0) is 23.2 Å². The summed E-state index contributed by atoms with van der Waals surface area (Å²) in [6, 6.07) is 9.47. The highest BCUT2D eigenvalue weighted by atomic mass is 16.2. The number of benzene rings is 1. The van der Waals surface area contributed by atoms with E-state index in [1.165, 1.54) is 0 Å². The monoisotopic (exact) mass is 395 g/mol. The second kappa shape index (κ2) is 7.99. The predicted octanol–water partition coefficient (Wildman–Crippen LogP) is 1.69. The average Bonchev–Trinajstić information content (AvgIpc) is 3.28. The smallest absolute Gasteiger partial charge is 0.245 e. The lowest BCUT2D eigenvalue weighted by Gasteiger charge is -2.35. The Morgan fingerprint density at radius 1 is 1.24 bits per heavy atom. The lowest BCUT2D eigenvalue weighted by Crippen LogP contribution is -2.61. The van der Waals surface area contributed by atoms with Crippen LogP contribution in [0.5, 0.6) is 0 Å². The van der Waals surface area contributed by atoms with Crippen LogP contribution in [-0.4, -0.2) is 51.2 Å². The first kappa shape index (κ1) is 19.6. The Hall–Kier alpha value is -2.67. The summed E-state index contributed by atoms with van der Waals surface area (Å²) in [6.07, 6.45) is 3.35. The highest BCUT2D eigenvalue weighted by Crippen LogP contribution is 2.26. The third kappa shape index (κ3) is 4.05. The van der Waals surface area contributed by atoms with Gasteiger partial charge < -0.3 is 15.5 Å². The summed E-state index contributed by atoms with van der Waals surface area (Å²) < 4.78 is 1.82. The number of hydrogen-bond acceptors (Lipinski definition) is 4. The van der Waals surface area contributed by atoms with Crippen molar-refractivity contribution >= 4 is 11.8 Å². The van der Waals surface area contributed by atoms with Crippen molar-refractivity contribution < 1.29 is 9.59 Å². The van der Waals surface area contributed by atoms with Crippen molar-refractivity contribution in [3.05, 3.63) is 42.1 Å². The molecule has 2 saturated heterocycles. The fourth-order valence-electron chi connectivity index (χ4n) is 4.40. The first-order chi connectivity index (χ1) is 13.9. The number of amides is 2. The molecule has 7 nitrogen and oxygen atoms in total. The molecule has 0 radical (unpaired) electrons. The van der Waals surface area contributed by atoms with Gasteiger partial charge >= 0.3 is 0 Å². The number of hydrogen-bond donors (Lipinski definition) is 2. The Kier molecular flexibility index (Phi) is 5.41. The van der Waals surface area contributed by atoms with E-state index in [-0.39, 0.29) is 29.9 Å². The Morgan fingerprint density at radius 2 is 2.00 bits per heavy atom. The number of rotatable bonds is 6. The molecule has 3 atom stereocenters. The van der Waals surface area contributed by atoms with E-state index in [0.717, 1.165) is 16.8 Å². The largest absolute Gasteiger partial charge is 0.342 e. The molecule has 2 fully saturated rings. The van der Waals surface area contributed by atoms with Crippen LogP contribution in [0, 0.1) is 5.92 Å². The van der Waals surface area contributed by atoms with Crippen LogP contribution in [0.25, 0.3) is 11.3 Å². The normalized spacial score (nSPS) is 24.1. The van der Waals surface area contributed by atoms with Crippen LogP contribution in [0.3, 0.4) is 0 Å². The van der Waals surface area contributed by atoms with Gasteiger partial charge in [-0.15, -0.1) is 0 Å². The molecule has 1 aromatic heterocycles. The minimum Gasteiger partial charge on any atom is -0.342 e. The number of fused-ring (bicyclic) bond motifs is 1. The molecule has 1 aromatic carbocycles. The van der Waals surface area contributed by atoms with Gasteiger partial charge in [0.05, 0.1) is 5.69 Å². The Bertz CT molecular complexity index is 892. The van der Waals surface area contributed by atoms with Crippen molar-refractivity contribution in [1.29, 1.82) is 0 Å². The van der Waals surface area contributed by atoms with Gasteiger partial charge in [0.25, 0.3) is 0 Å². The molecule has 3 heterocycles. The highest BCUT2D eigenvalue weighted by Gasteiger charge is 2.46. The van der Waals surface area contributed by atoms with Gasteiger partial charge in [-0.1, -0.05) is 44.2 Å². The number of carbonyl (C=O) groups is 2. The summed E-state index contributed by atoms with van der Waals surface area (Å²) in [7, 11) is 1.92. The minimum atomic E-state index is -0.388. The number of aromatic nitrogens is 2. The maximum absolute atomic E-state index is 12.8. The zero-order valence-electron chi connectivity index (χ0n) is 17.3. The molecule has 0 saturated carbocycles. The van der Waals surface area contributed by atoms with Crippen LogP contribution in [0.4, 0.5) is 0 Å². The second-order valence-electron chi connectivity index (χ2n) is 8.55. The van der Waals surface area contributed by atoms with E-state index in [9.17, 15) is 9.59 Å². The van der Waals surface area contributed by atoms with Gasteiger partial charge in [0, 0.05) is 43.5 Å². The van der Waals surface area contributed by atoms with Crippen molar-refractivity contribution in [1.82, 2.24) is 25.3 Å². The van der Waals surface area contributed by atoms with Gasteiger partial charge in [-0.25, -0.2) is 0 Å². The quantitative estimate of drug-likeness (QED) is 0.780. The first-order valence-corrected chi connectivity index (χ1v) is 10.3. The van der Waals surface area contributed by atoms with E-state index in [4.69, 9.17) is 0 Å². The summed E-state index contributed by atoms with van der Waals surface area (Å²) in [4.78, 5) is 27.1. The molecule has 29 heavy (non-hydrogen) atoms. The van der Waals surface area contributed by atoms with Gasteiger partial charge in [-0.3, -0.25) is 14.3 Å². The van der Waals surface area contributed by atoms with Crippen LogP contribution in [0.15, 0.2) is 36.5 Å². The van der Waals surface area contributed by atoms with E-state index in [1.807, 2.05) is 36.1 Å². The molecule has 2 aromatic rings. The highest BCUT2D eigenvalue weighted by molar-refractivity contribution is 5.97. The van der Waals surface area contributed by atoms with Gasteiger partial charge in [0.15, 0.2) is 0 Å². The number of piperazine rings is 1. The summed E-state index contributed by atoms with van der Waals surface area (Å²) in [5, 5.41) is 11.1. The van der Waals surface area contributed by atoms with Crippen LogP contribution < -0.4 is 10.6 Å². The molecule has 0 bridgehead atoms. The fraction of sp³-hybridized carbons (Fsp3) is 0.500. The zero-order valence-corrected chi connectivity index (χ0v) is 17.3. The lowest BCUT2D eigenvalue weighted by atomic mass is 9.99. The Morgan fingerprint density at radius 3 is 2.72 bits per heavy atom. The summed E-state index contributed by atoms with van der Waals surface area (Å²) in [5.41, 5.74) is 3.15. The van der Waals surface area contributed by atoms with E-state index in [2.05, 4.69) is 41.7 Å². The van der Waals surface area contributed by atoms with Gasteiger partial charge in [-0.2, -0.15) is 5.10 Å². The molecule has 154 valence electrons. The molecule has 7 heteroatoms. The third-order valence-electron chi connectivity index (χ3n) is 5.74. The fourth-order valence-corrected chi connectivity index (χ4v) is 4.40. The standard InChI is InChI=1S/C22H29N5O2/c1-14(2)9-18-22(29)27-13-17(10-19(27)21(28)24-18)23-11-16-12-26(3)25-20(16)15-7-5-4-6-8-15/h4-8,12,14,17-19,23H,9-11,13H2,1-3H3,(H,24,28)/t17-,18+,19-/m0/s1. The van der Waals surface area contributed by atoms with Crippen molar-refractivity contribution in [3.8, 4) is 11.3 Å². The third-order valence-corrected chi connectivity index (χ3v) is 5.74. The molecule has 0 unspecified atom stereocenters. The van der Waals surface area contributed by atoms with Crippen molar-refractivity contribution in [2.45, 2.75) is 51.4 Å². The van der Waals surface area contributed by atoms with Crippen LogP contribution >= 0.6 is 0 Å². The van der Waals surface area contributed by atoms with Gasteiger partial charge in [-0.05, 0) is 18.8 Å². The topological polar surface area (TPSA) is 79.3 Å². The second-order valence-corrected chi connectivity index (χ2v) is 8.55. The summed E-state index contributed by atoms with van der Waals surface area (Å²) in [5.74, 6) is 0.393. The molecule has 0 aliphatic carbocycles. The van der Waals surface area contributed by atoms with E-state index < -0.39 is 0 Å². The SMILES string of the molecule is CC(C)C[C@H]1NC(=O)[C@@H]2C[C@H](NCc3cn(C)nc3-c3ccccc3)CN2C1=O. The first-order valence-electron chi connectivity index (χ1n) is 10.3. The van der Waals surface area contributed by atoms with E-state index >= 15 is 0 Å². The Labute approximate surface area is 171 Å². The molecule has 4 rings (SSSR count). The molecule has 2 aliphatic heterocycles. The zero-order chi connectivity index (χ0) is 20.5. The molecule has 0 spiro atoms. The number of carbonyl (C=O) groups excluding carboxylic acids is 2. The van der Waals surface area contributed by atoms with Gasteiger partial charge in [0.1, 0.15) is 12.1 Å². The number of nitrogens with zero attached hydrogens (tertiary/aromatic N) is 3. The minimum absolute atomic E-state index is 0.0223. The number of nitrogens with one attached hydrogen (secondary N) is 2. The van der Waals surface area contributed by atoms with E-state index in [0.29, 0.717) is 31.8 Å². The van der Waals surface area contributed by atoms with Gasteiger partial charge in [0.2, 0.25) is 11.8 Å². The Balaban J connectivity index is 1.43. The molecular weight excluding hydrogens is 366 g/mol. The molecular formula is C22H29N5O2. The average molecular weight is 396 g/mol. The van der Waals surface area contributed by atoms with Crippen LogP contribution in [0.1, 0.15) is 32.3 Å².